The van der Waals surface area contributed by atoms with Gasteiger partial charge >= 0.3 is 0 Å². The van der Waals surface area contributed by atoms with Crippen molar-refractivity contribution in [3.8, 4) is 0 Å². The quantitative estimate of drug-likeness (QED) is 0.575. The number of benzene rings is 2. The lowest BCUT2D eigenvalue weighted by molar-refractivity contribution is 0.210. The molecule has 4 nitrogen and oxygen atoms in total. The maximum absolute atomic E-state index is 12.9. The Bertz CT molecular complexity index is 1170. The molecule has 3 aromatic rings. The Morgan fingerprint density at radius 3 is 2.41 bits per heavy atom. The van der Waals surface area contributed by atoms with E-state index in [-0.39, 0.29) is 10.3 Å². The molecule has 2 aromatic carbocycles. The van der Waals surface area contributed by atoms with Crippen molar-refractivity contribution in [2.24, 2.45) is 11.3 Å². The fourth-order valence-corrected chi connectivity index (χ4v) is 5.32. The Hall–Kier alpha value is -2.27. The Morgan fingerprint density at radius 2 is 1.76 bits per heavy atom. The second-order valence-corrected chi connectivity index (χ2v) is 11.1. The highest BCUT2D eigenvalue weighted by atomic mass is 32.2. The highest BCUT2D eigenvalue weighted by Crippen LogP contribution is 2.42. The van der Waals surface area contributed by atoms with Gasteiger partial charge in [-0.05, 0) is 67.9 Å². The first-order valence-electron chi connectivity index (χ1n) is 10.2. The van der Waals surface area contributed by atoms with E-state index in [1.165, 1.54) is 5.56 Å². The second kappa shape index (κ2) is 6.91. The highest BCUT2D eigenvalue weighted by Gasteiger charge is 2.32. The van der Waals surface area contributed by atoms with Crippen LogP contribution in [-0.4, -0.2) is 8.42 Å². The van der Waals surface area contributed by atoms with E-state index >= 15 is 0 Å². The minimum atomic E-state index is -3.64. The van der Waals surface area contributed by atoms with Crippen LogP contribution in [0.2, 0.25) is 0 Å². The summed E-state index contributed by atoms with van der Waals surface area (Å²) in [5.74, 6) is 1.64. The van der Waals surface area contributed by atoms with Crippen molar-refractivity contribution in [1.82, 2.24) is 0 Å². The van der Waals surface area contributed by atoms with Crippen LogP contribution in [0.5, 0.6) is 0 Å². The van der Waals surface area contributed by atoms with Crippen LogP contribution in [0.15, 0.2) is 45.7 Å². The van der Waals surface area contributed by atoms with E-state index in [2.05, 4.69) is 25.5 Å². The molecule has 0 saturated carbocycles. The molecule has 5 heteroatoms. The SMILES string of the molecule is Cc1ccc(S(=O)(=O)Nc2cc3c4c(oc3cc2C)CC[C@H](C(C)(C)C)C4)cc1. The average molecular weight is 412 g/mol. The Morgan fingerprint density at radius 1 is 1.07 bits per heavy atom. The maximum atomic E-state index is 12.9. The summed E-state index contributed by atoms with van der Waals surface area (Å²) in [6.45, 7) is 10.7. The van der Waals surface area contributed by atoms with Crippen molar-refractivity contribution in [3.63, 3.8) is 0 Å². The third kappa shape index (κ3) is 3.80. The summed E-state index contributed by atoms with van der Waals surface area (Å²) in [6, 6.07) is 10.8. The van der Waals surface area contributed by atoms with Crippen LogP contribution in [0.1, 0.15) is 49.6 Å². The molecule has 1 aliphatic carbocycles. The minimum absolute atomic E-state index is 0.238. The minimum Gasteiger partial charge on any atom is -0.461 e. The van der Waals surface area contributed by atoms with Crippen LogP contribution >= 0.6 is 0 Å². The second-order valence-electron chi connectivity index (χ2n) is 9.39. The molecule has 0 bridgehead atoms. The predicted octanol–water partition coefficient (Wildman–Crippen LogP) is 6.00. The summed E-state index contributed by atoms with van der Waals surface area (Å²) in [5.41, 5.74) is 4.82. The lowest BCUT2D eigenvalue weighted by Gasteiger charge is -2.33. The van der Waals surface area contributed by atoms with E-state index in [1.807, 2.05) is 38.1 Å². The van der Waals surface area contributed by atoms with Gasteiger partial charge in [0.2, 0.25) is 0 Å². The fourth-order valence-electron chi connectivity index (χ4n) is 4.20. The van der Waals surface area contributed by atoms with Crippen molar-refractivity contribution < 1.29 is 12.8 Å². The molecule has 0 aliphatic heterocycles. The van der Waals surface area contributed by atoms with Gasteiger partial charge in [-0.2, -0.15) is 0 Å². The predicted molar refractivity (Wildman–Crippen MR) is 118 cm³/mol. The van der Waals surface area contributed by atoms with Crippen LogP contribution in [-0.2, 0) is 22.9 Å². The van der Waals surface area contributed by atoms with Crippen LogP contribution in [0.25, 0.3) is 11.0 Å². The van der Waals surface area contributed by atoms with Crippen LogP contribution in [0, 0.1) is 25.2 Å². The number of sulfonamides is 1. The lowest BCUT2D eigenvalue weighted by Crippen LogP contribution is -2.26. The molecule has 0 saturated heterocycles. The van der Waals surface area contributed by atoms with Crippen molar-refractivity contribution in [1.29, 1.82) is 0 Å². The number of aryl methyl sites for hydroxylation is 3. The number of hydrogen-bond donors (Lipinski definition) is 1. The molecule has 1 heterocycles. The third-order valence-corrected chi connectivity index (χ3v) is 7.57. The molecule has 0 unspecified atom stereocenters. The van der Waals surface area contributed by atoms with Gasteiger partial charge in [-0.25, -0.2) is 8.42 Å². The number of nitrogens with one attached hydrogen (secondary N) is 1. The zero-order valence-electron chi connectivity index (χ0n) is 17.8. The van der Waals surface area contributed by atoms with Gasteiger partial charge in [0, 0.05) is 17.4 Å². The van der Waals surface area contributed by atoms with Gasteiger partial charge in [0.25, 0.3) is 10.0 Å². The Kier molecular flexibility index (Phi) is 4.77. The van der Waals surface area contributed by atoms with Gasteiger partial charge in [0.05, 0.1) is 10.6 Å². The monoisotopic (exact) mass is 411 g/mol. The molecule has 0 fully saturated rings. The first-order chi connectivity index (χ1) is 13.5. The van der Waals surface area contributed by atoms with Gasteiger partial charge in [0.15, 0.2) is 0 Å². The van der Waals surface area contributed by atoms with Gasteiger partial charge in [0.1, 0.15) is 11.3 Å². The summed E-state index contributed by atoms with van der Waals surface area (Å²) >= 11 is 0. The number of hydrogen-bond acceptors (Lipinski definition) is 3. The number of furan rings is 1. The van der Waals surface area contributed by atoms with E-state index < -0.39 is 10.0 Å². The summed E-state index contributed by atoms with van der Waals surface area (Å²) in [4.78, 5) is 0.268. The molecule has 0 amide bonds. The maximum Gasteiger partial charge on any atom is 0.261 e. The number of anilines is 1. The average Bonchev–Trinajstić information content (AvgIpc) is 2.98. The molecule has 1 aromatic heterocycles. The Labute approximate surface area is 173 Å². The van der Waals surface area contributed by atoms with E-state index in [4.69, 9.17) is 4.42 Å². The lowest BCUT2D eigenvalue weighted by atomic mass is 9.71. The van der Waals surface area contributed by atoms with Crippen molar-refractivity contribution in [2.45, 2.75) is 58.8 Å². The first kappa shape index (κ1) is 20.0. The van der Waals surface area contributed by atoms with E-state index in [9.17, 15) is 8.42 Å². The van der Waals surface area contributed by atoms with E-state index in [0.717, 1.165) is 47.1 Å². The largest absolute Gasteiger partial charge is 0.461 e. The molecular formula is C24H29NO3S. The highest BCUT2D eigenvalue weighted by molar-refractivity contribution is 7.92. The molecule has 1 aliphatic rings. The molecule has 154 valence electrons. The van der Waals surface area contributed by atoms with Gasteiger partial charge in [-0.15, -0.1) is 0 Å². The van der Waals surface area contributed by atoms with Gasteiger partial charge in [-0.1, -0.05) is 38.5 Å². The van der Waals surface area contributed by atoms with Gasteiger partial charge < -0.3 is 4.42 Å². The molecule has 29 heavy (non-hydrogen) atoms. The standard InChI is InChI=1S/C24H29NO3S/c1-15-6-9-18(10-7-15)29(26,27)25-21-14-20-19-13-17(24(3,4)5)8-11-22(19)28-23(20)12-16(21)2/h6-7,9-10,12,14,17,25H,8,11,13H2,1-5H3/t17-/m0/s1. The van der Waals surface area contributed by atoms with Crippen LogP contribution < -0.4 is 4.72 Å². The molecule has 1 atom stereocenters. The zero-order valence-corrected chi connectivity index (χ0v) is 18.6. The molecular weight excluding hydrogens is 382 g/mol. The van der Waals surface area contributed by atoms with Crippen LogP contribution in [0.4, 0.5) is 5.69 Å². The smallest absolute Gasteiger partial charge is 0.261 e. The zero-order chi connectivity index (χ0) is 21.0. The fraction of sp³-hybridized carbons (Fsp3) is 0.417. The third-order valence-electron chi connectivity index (χ3n) is 6.19. The van der Waals surface area contributed by atoms with Gasteiger partial charge in [-0.3, -0.25) is 4.72 Å². The molecule has 4 rings (SSSR count). The molecule has 1 N–H and O–H groups in total. The number of fused-ring (bicyclic) bond motifs is 3. The summed E-state index contributed by atoms with van der Waals surface area (Å²) in [7, 11) is -3.64. The summed E-state index contributed by atoms with van der Waals surface area (Å²) < 4.78 is 34.7. The molecule has 0 spiro atoms. The van der Waals surface area contributed by atoms with Crippen molar-refractivity contribution in [2.75, 3.05) is 4.72 Å². The topological polar surface area (TPSA) is 59.3 Å². The van der Waals surface area contributed by atoms with Crippen LogP contribution in [0.3, 0.4) is 0 Å². The van der Waals surface area contributed by atoms with E-state index in [1.54, 1.807) is 12.1 Å². The summed E-state index contributed by atoms with van der Waals surface area (Å²) in [5, 5.41) is 1.03. The summed E-state index contributed by atoms with van der Waals surface area (Å²) in [6.07, 6.45) is 3.04. The molecule has 0 radical (unpaired) electrons. The Balaban J connectivity index is 1.73. The number of rotatable bonds is 3. The van der Waals surface area contributed by atoms with Crippen molar-refractivity contribution >= 4 is 26.7 Å². The normalized spacial score (nSPS) is 17.3. The van der Waals surface area contributed by atoms with E-state index in [0.29, 0.717) is 11.6 Å². The first-order valence-corrected chi connectivity index (χ1v) is 11.7. The van der Waals surface area contributed by atoms with Crippen molar-refractivity contribution in [3.05, 3.63) is 58.8 Å².